The normalized spacial score (nSPS) is 25.0. The highest BCUT2D eigenvalue weighted by Crippen LogP contribution is 2.50. The smallest absolute Gasteiger partial charge is 0.289 e. The van der Waals surface area contributed by atoms with E-state index in [1.54, 1.807) is 6.20 Å². The summed E-state index contributed by atoms with van der Waals surface area (Å²) in [5, 5.41) is 0.781. The molecule has 2 saturated heterocycles. The Morgan fingerprint density at radius 3 is 3.00 bits per heavy atom. The second kappa shape index (κ2) is 5.41. The molecule has 1 spiro atoms. The number of carbonyl (C=O) groups excluding carboxylic acids is 1. The van der Waals surface area contributed by atoms with Gasteiger partial charge in [0, 0.05) is 19.3 Å². The van der Waals surface area contributed by atoms with Crippen LogP contribution in [0.2, 0.25) is 0 Å². The fourth-order valence-electron chi connectivity index (χ4n) is 3.96. The minimum absolute atomic E-state index is 0.0353. The lowest BCUT2D eigenvalue weighted by Crippen LogP contribution is -2.80. The Bertz CT molecular complexity index is 873. The third kappa shape index (κ3) is 2.18. The molecule has 2 aliphatic rings. The standard InChI is InChI=1S/C17H17F2N5O/c1-2-4-13(25)24-10-17(18,19)16(24)6-3-8-23(9-16)15-12-5-7-20-14(12)21-11-22-15/h1,5,7,11H,3-4,6,8-10H2,(H,20,21,22)/t16-/m0/s1. The van der Waals surface area contributed by atoms with Crippen LogP contribution in [0.25, 0.3) is 11.0 Å². The van der Waals surface area contributed by atoms with Crippen molar-refractivity contribution < 1.29 is 13.6 Å². The molecule has 6 nitrogen and oxygen atoms in total. The topological polar surface area (TPSA) is 65.1 Å². The average Bonchev–Trinajstić information content (AvgIpc) is 3.08. The number of hydrogen-bond donors (Lipinski definition) is 1. The van der Waals surface area contributed by atoms with E-state index in [4.69, 9.17) is 6.42 Å². The van der Waals surface area contributed by atoms with Gasteiger partial charge in [0.05, 0.1) is 18.4 Å². The number of hydrogen-bond acceptors (Lipinski definition) is 4. The number of H-pyrrole nitrogens is 1. The van der Waals surface area contributed by atoms with Gasteiger partial charge in [-0.25, -0.2) is 18.7 Å². The van der Waals surface area contributed by atoms with E-state index in [2.05, 4.69) is 20.9 Å². The molecule has 0 radical (unpaired) electrons. The van der Waals surface area contributed by atoms with Gasteiger partial charge in [0.15, 0.2) is 0 Å². The van der Waals surface area contributed by atoms with Crippen molar-refractivity contribution in [3.63, 3.8) is 0 Å². The highest BCUT2D eigenvalue weighted by atomic mass is 19.3. The Kier molecular flexibility index (Phi) is 3.42. The lowest BCUT2D eigenvalue weighted by atomic mass is 9.74. The van der Waals surface area contributed by atoms with Gasteiger partial charge in [0.25, 0.3) is 5.92 Å². The van der Waals surface area contributed by atoms with Crippen LogP contribution in [0.4, 0.5) is 14.6 Å². The van der Waals surface area contributed by atoms with E-state index in [0.29, 0.717) is 24.4 Å². The van der Waals surface area contributed by atoms with Crippen LogP contribution in [0, 0.1) is 12.3 Å². The predicted molar refractivity (Wildman–Crippen MR) is 88.2 cm³/mol. The van der Waals surface area contributed by atoms with Gasteiger partial charge in [0.1, 0.15) is 23.3 Å². The lowest BCUT2D eigenvalue weighted by Gasteiger charge is -2.61. The van der Waals surface area contributed by atoms with Crippen LogP contribution in [0.3, 0.4) is 0 Å². The molecule has 1 amide bonds. The zero-order chi connectivity index (χ0) is 17.7. The van der Waals surface area contributed by atoms with Crippen LogP contribution in [0.15, 0.2) is 18.6 Å². The molecule has 0 unspecified atom stereocenters. The number of piperidine rings is 1. The van der Waals surface area contributed by atoms with Crippen molar-refractivity contribution in [1.82, 2.24) is 19.9 Å². The molecule has 2 aromatic rings. The molecule has 2 aromatic heterocycles. The molecule has 4 rings (SSSR count). The molecule has 0 bridgehead atoms. The molecule has 1 N–H and O–H groups in total. The van der Waals surface area contributed by atoms with Gasteiger partial charge >= 0.3 is 0 Å². The Morgan fingerprint density at radius 2 is 2.24 bits per heavy atom. The summed E-state index contributed by atoms with van der Waals surface area (Å²) >= 11 is 0. The molecule has 4 heterocycles. The number of halogens is 2. The molecular weight excluding hydrogens is 328 g/mol. The maximum absolute atomic E-state index is 14.6. The predicted octanol–water partition coefficient (Wildman–Crippen LogP) is 1.80. The third-order valence-corrected chi connectivity index (χ3v) is 5.21. The number of alkyl halides is 2. The Hall–Kier alpha value is -2.69. The van der Waals surface area contributed by atoms with Crippen molar-refractivity contribution >= 4 is 22.8 Å². The number of aromatic nitrogens is 3. The molecule has 1 atom stereocenters. The summed E-state index contributed by atoms with van der Waals surface area (Å²) in [6.07, 6.45) is 8.98. The maximum Gasteiger partial charge on any atom is 0.289 e. The molecule has 2 fully saturated rings. The van der Waals surface area contributed by atoms with Crippen molar-refractivity contribution in [3.05, 3.63) is 18.6 Å². The van der Waals surface area contributed by atoms with E-state index in [9.17, 15) is 13.6 Å². The van der Waals surface area contributed by atoms with E-state index in [0.717, 1.165) is 5.39 Å². The number of aromatic amines is 1. The van der Waals surface area contributed by atoms with E-state index in [-0.39, 0.29) is 19.4 Å². The van der Waals surface area contributed by atoms with Crippen LogP contribution in [0.5, 0.6) is 0 Å². The number of carbonyl (C=O) groups is 1. The second-order valence-electron chi connectivity index (χ2n) is 6.56. The van der Waals surface area contributed by atoms with Crippen LogP contribution < -0.4 is 4.90 Å². The summed E-state index contributed by atoms with van der Waals surface area (Å²) in [5.74, 6) is -0.479. The first-order valence-corrected chi connectivity index (χ1v) is 8.13. The van der Waals surface area contributed by atoms with Crippen LogP contribution in [-0.2, 0) is 4.79 Å². The number of anilines is 1. The average molecular weight is 345 g/mol. The summed E-state index contributed by atoms with van der Waals surface area (Å²) in [6, 6.07) is 1.83. The molecule has 0 aliphatic carbocycles. The number of terminal acetylenes is 1. The van der Waals surface area contributed by atoms with Gasteiger partial charge < -0.3 is 14.8 Å². The maximum atomic E-state index is 14.6. The zero-order valence-electron chi connectivity index (χ0n) is 13.5. The van der Waals surface area contributed by atoms with Crippen molar-refractivity contribution in [1.29, 1.82) is 0 Å². The van der Waals surface area contributed by atoms with Crippen molar-refractivity contribution in [2.45, 2.75) is 30.7 Å². The summed E-state index contributed by atoms with van der Waals surface area (Å²) in [6.45, 7) is 0.0740. The number of fused-ring (bicyclic) bond motifs is 1. The van der Waals surface area contributed by atoms with Gasteiger partial charge in [-0.3, -0.25) is 4.79 Å². The quantitative estimate of drug-likeness (QED) is 0.843. The van der Waals surface area contributed by atoms with Gasteiger partial charge in [-0.15, -0.1) is 6.42 Å². The first kappa shape index (κ1) is 15.8. The molecule has 0 aromatic carbocycles. The molecule has 130 valence electrons. The first-order chi connectivity index (χ1) is 12.0. The molecule has 0 saturated carbocycles. The van der Waals surface area contributed by atoms with Gasteiger partial charge in [0.2, 0.25) is 5.91 Å². The van der Waals surface area contributed by atoms with Gasteiger partial charge in [-0.05, 0) is 18.9 Å². The van der Waals surface area contributed by atoms with E-state index in [1.165, 1.54) is 11.2 Å². The molecule has 25 heavy (non-hydrogen) atoms. The summed E-state index contributed by atoms with van der Waals surface area (Å²) in [4.78, 5) is 26.7. The summed E-state index contributed by atoms with van der Waals surface area (Å²) in [5.41, 5.74) is -0.850. The van der Waals surface area contributed by atoms with Crippen molar-refractivity contribution in [3.8, 4) is 12.3 Å². The number of amides is 1. The number of likely N-dealkylation sites (tertiary alicyclic amines) is 1. The fraction of sp³-hybridized carbons (Fsp3) is 0.471. The highest BCUT2D eigenvalue weighted by Gasteiger charge is 2.69. The highest BCUT2D eigenvalue weighted by molar-refractivity contribution is 5.87. The van der Waals surface area contributed by atoms with Crippen molar-refractivity contribution in [2.24, 2.45) is 0 Å². The van der Waals surface area contributed by atoms with E-state index >= 15 is 0 Å². The number of nitrogens with one attached hydrogen (secondary N) is 1. The van der Waals surface area contributed by atoms with Crippen molar-refractivity contribution in [2.75, 3.05) is 24.5 Å². The minimum atomic E-state index is -2.93. The van der Waals surface area contributed by atoms with Crippen LogP contribution in [0.1, 0.15) is 19.3 Å². The molecule has 2 aliphatic heterocycles. The second-order valence-corrected chi connectivity index (χ2v) is 6.56. The number of nitrogens with zero attached hydrogens (tertiary/aromatic N) is 4. The Balaban J connectivity index is 1.69. The van der Waals surface area contributed by atoms with Gasteiger partial charge in [-0.2, -0.15) is 0 Å². The number of rotatable bonds is 2. The monoisotopic (exact) mass is 345 g/mol. The van der Waals surface area contributed by atoms with E-state index < -0.39 is 23.9 Å². The van der Waals surface area contributed by atoms with E-state index in [1.807, 2.05) is 11.0 Å². The fourth-order valence-corrected chi connectivity index (χ4v) is 3.96. The minimum Gasteiger partial charge on any atom is -0.353 e. The Labute approximate surface area is 143 Å². The zero-order valence-corrected chi connectivity index (χ0v) is 13.5. The Morgan fingerprint density at radius 1 is 1.40 bits per heavy atom. The summed E-state index contributed by atoms with van der Waals surface area (Å²) < 4.78 is 29.1. The van der Waals surface area contributed by atoms with Crippen LogP contribution >= 0.6 is 0 Å². The lowest BCUT2D eigenvalue weighted by molar-refractivity contribution is -0.243. The van der Waals surface area contributed by atoms with Crippen LogP contribution in [-0.4, -0.2) is 56.9 Å². The third-order valence-electron chi connectivity index (χ3n) is 5.21. The van der Waals surface area contributed by atoms with Gasteiger partial charge in [-0.1, -0.05) is 5.92 Å². The molecule has 8 heteroatoms. The SMILES string of the molecule is C#CCC(=O)N1CC(F)(F)[C@@]12CCCN(c1ncnc3[nH]ccc13)C2. The first-order valence-electron chi connectivity index (χ1n) is 8.13. The molecular formula is C17H17F2N5O. The largest absolute Gasteiger partial charge is 0.353 e. The summed E-state index contributed by atoms with van der Waals surface area (Å²) in [7, 11) is 0.